The second-order valence-electron chi connectivity index (χ2n) is 6.35. The summed E-state index contributed by atoms with van der Waals surface area (Å²) >= 11 is 7.12. The van der Waals surface area contributed by atoms with Gasteiger partial charge in [0.15, 0.2) is 11.0 Å². The fraction of sp³-hybridized carbons (Fsp3) is 0.200. The lowest BCUT2D eigenvalue weighted by atomic mass is 10.2. The number of hydrogen-bond acceptors (Lipinski definition) is 6. The number of rotatable bonds is 8. The van der Waals surface area contributed by atoms with Gasteiger partial charge in [0.05, 0.1) is 10.8 Å². The lowest BCUT2D eigenvalue weighted by Crippen LogP contribution is -2.15. The Bertz CT molecular complexity index is 1000. The van der Waals surface area contributed by atoms with Gasteiger partial charge >= 0.3 is 0 Å². The van der Waals surface area contributed by atoms with Gasteiger partial charge in [0.25, 0.3) is 0 Å². The van der Waals surface area contributed by atoms with Gasteiger partial charge in [0, 0.05) is 38.1 Å². The Labute approximate surface area is 178 Å². The fourth-order valence-corrected chi connectivity index (χ4v) is 3.44. The minimum atomic E-state index is -0.186. The number of halogens is 1. The van der Waals surface area contributed by atoms with Crippen LogP contribution in [0.4, 0.5) is 11.5 Å². The van der Waals surface area contributed by atoms with Gasteiger partial charge in [-0.15, -0.1) is 16.8 Å². The van der Waals surface area contributed by atoms with Crippen LogP contribution in [0.1, 0.15) is 0 Å². The molecule has 1 aromatic carbocycles. The predicted molar refractivity (Wildman–Crippen MR) is 119 cm³/mol. The van der Waals surface area contributed by atoms with E-state index in [-0.39, 0.29) is 11.7 Å². The maximum Gasteiger partial charge on any atom is 0.236 e. The molecule has 0 unspecified atom stereocenters. The summed E-state index contributed by atoms with van der Waals surface area (Å²) in [6, 6.07) is 11.4. The molecule has 0 spiro atoms. The molecule has 0 atom stereocenters. The van der Waals surface area contributed by atoms with Crippen molar-refractivity contribution in [1.29, 1.82) is 0 Å². The van der Waals surface area contributed by atoms with Crippen LogP contribution >= 0.6 is 23.4 Å². The quantitative estimate of drug-likeness (QED) is 0.432. The largest absolute Gasteiger partial charge is 0.378 e. The van der Waals surface area contributed by atoms with E-state index in [0.717, 1.165) is 17.1 Å². The number of aromatic nitrogens is 4. The highest BCUT2D eigenvalue weighted by atomic mass is 35.5. The van der Waals surface area contributed by atoms with Crippen molar-refractivity contribution in [2.24, 2.45) is 0 Å². The van der Waals surface area contributed by atoms with E-state index in [0.29, 0.717) is 22.5 Å². The van der Waals surface area contributed by atoms with Crippen LogP contribution in [-0.4, -0.2) is 45.5 Å². The van der Waals surface area contributed by atoms with Crippen LogP contribution in [0, 0.1) is 0 Å². The normalized spacial score (nSPS) is 10.6. The zero-order valence-corrected chi connectivity index (χ0v) is 17.7. The smallest absolute Gasteiger partial charge is 0.236 e. The molecule has 0 aliphatic rings. The van der Waals surface area contributed by atoms with E-state index >= 15 is 0 Å². The van der Waals surface area contributed by atoms with Crippen molar-refractivity contribution in [2.75, 3.05) is 30.1 Å². The van der Waals surface area contributed by atoms with Crippen LogP contribution in [0.15, 0.2) is 60.4 Å². The molecular weight excluding hydrogens is 408 g/mol. The summed E-state index contributed by atoms with van der Waals surface area (Å²) in [6.45, 7) is 4.36. The van der Waals surface area contributed by atoms with Gasteiger partial charge in [0.1, 0.15) is 5.82 Å². The maximum absolute atomic E-state index is 12.2. The number of carbonyl (C=O) groups is 1. The third-order valence-corrected chi connectivity index (χ3v) is 5.17. The summed E-state index contributed by atoms with van der Waals surface area (Å²) in [4.78, 5) is 18.3. The Balaban J connectivity index is 1.74. The van der Waals surface area contributed by atoms with E-state index in [2.05, 4.69) is 33.1 Å². The Morgan fingerprint density at radius 3 is 2.83 bits per heavy atom. The van der Waals surface area contributed by atoms with E-state index in [1.165, 1.54) is 18.0 Å². The molecule has 0 saturated carbocycles. The van der Waals surface area contributed by atoms with Crippen molar-refractivity contribution < 1.29 is 4.79 Å². The molecule has 0 fully saturated rings. The molecule has 3 rings (SSSR count). The van der Waals surface area contributed by atoms with Crippen molar-refractivity contribution in [3.05, 3.63) is 60.3 Å². The fourth-order valence-electron chi connectivity index (χ4n) is 2.58. The first-order valence-corrected chi connectivity index (χ1v) is 10.2. The number of nitrogens with one attached hydrogen (secondary N) is 1. The van der Waals surface area contributed by atoms with Crippen LogP contribution in [0.3, 0.4) is 0 Å². The maximum atomic E-state index is 12.2. The number of hydrogen-bond donors (Lipinski definition) is 1. The molecule has 0 bridgehead atoms. The predicted octanol–water partition coefficient (Wildman–Crippen LogP) is 3.98. The average molecular weight is 429 g/mol. The summed E-state index contributed by atoms with van der Waals surface area (Å²) in [7, 11) is 3.98. The highest BCUT2D eigenvalue weighted by molar-refractivity contribution is 7.99. The molecule has 0 radical (unpaired) electrons. The number of thioether (sulfide) groups is 1. The molecule has 2 aromatic heterocycles. The topological polar surface area (TPSA) is 75.9 Å². The summed E-state index contributed by atoms with van der Waals surface area (Å²) < 4.78 is 1.94. The molecule has 2 heterocycles. The second-order valence-corrected chi connectivity index (χ2v) is 7.73. The van der Waals surface area contributed by atoms with Crippen molar-refractivity contribution in [3.63, 3.8) is 0 Å². The van der Waals surface area contributed by atoms with Crippen LogP contribution in [0.25, 0.3) is 11.4 Å². The number of amides is 1. The molecule has 1 amide bonds. The molecule has 7 nitrogen and oxygen atoms in total. The lowest BCUT2D eigenvalue weighted by Gasteiger charge is -2.14. The molecular formula is C20H21ClN6OS. The van der Waals surface area contributed by atoms with E-state index in [9.17, 15) is 4.79 Å². The van der Waals surface area contributed by atoms with Gasteiger partial charge in [-0.1, -0.05) is 41.6 Å². The molecule has 1 N–H and O–H groups in total. The summed E-state index contributed by atoms with van der Waals surface area (Å²) in [5.74, 6) is 1.18. The monoisotopic (exact) mass is 428 g/mol. The SMILES string of the molecule is C=CCn1c(SCC(=O)Nc2ccc(Cl)cn2)nnc1-c1cccc(N(C)C)c1. The van der Waals surface area contributed by atoms with Crippen LogP contribution < -0.4 is 10.2 Å². The summed E-state index contributed by atoms with van der Waals surface area (Å²) in [5, 5.41) is 12.5. The number of nitrogens with zero attached hydrogens (tertiary/aromatic N) is 5. The Morgan fingerprint density at radius 2 is 2.14 bits per heavy atom. The molecule has 0 saturated heterocycles. The van der Waals surface area contributed by atoms with Crippen molar-refractivity contribution >= 4 is 40.8 Å². The standard InChI is InChI=1S/C20H21ClN6OS/c1-4-10-27-19(14-6-5-7-16(11-14)26(2)3)24-25-20(27)29-13-18(28)23-17-9-8-15(21)12-22-17/h4-9,11-12H,1,10,13H2,2-3H3,(H,22,23,28). The van der Waals surface area contributed by atoms with Crippen LogP contribution in [0.5, 0.6) is 0 Å². The minimum Gasteiger partial charge on any atom is -0.378 e. The van der Waals surface area contributed by atoms with E-state index in [1.54, 1.807) is 18.2 Å². The molecule has 3 aromatic rings. The average Bonchev–Trinajstić information content (AvgIpc) is 3.11. The third-order valence-electron chi connectivity index (χ3n) is 3.98. The molecule has 29 heavy (non-hydrogen) atoms. The first kappa shape index (κ1) is 20.9. The van der Waals surface area contributed by atoms with Gasteiger partial charge in [-0.2, -0.15) is 0 Å². The zero-order chi connectivity index (χ0) is 20.8. The summed E-state index contributed by atoms with van der Waals surface area (Å²) in [5.41, 5.74) is 2.02. The first-order valence-electron chi connectivity index (χ1n) is 8.84. The zero-order valence-electron chi connectivity index (χ0n) is 16.2. The van der Waals surface area contributed by atoms with Crippen molar-refractivity contribution in [3.8, 4) is 11.4 Å². The first-order chi connectivity index (χ1) is 14.0. The van der Waals surface area contributed by atoms with Gasteiger partial charge in [0.2, 0.25) is 5.91 Å². The van der Waals surface area contributed by atoms with E-state index in [1.807, 2.05) is 41.8 Å². The third kappa shape index (κ3) is 5.36. The van der Waals surface area contributed by atoms with E-state index in [4.69, 9.17) is 11.6 Å². The number of carbonyl (C=O) groups excluding carboxylic acids is 1. The summed E-state index contributed by atoms with van der Waals surface area (Å²) in [6.07, 6.45) is 3.27. The minimum absolute atomic E-state index is 0.178. The van der Waals surface area contributed by atoms with Crippen LogP contribution in [0.2, 0.25) is 5.02 Å². The van der Waals surface area contributed by atoms with Gasteiger partial charge in [-0.05, 0) is 24.3 Å². The van der Waals surface area contributed by atoms with E-state index < -0.39 is 0 Å². The Kier molecular flexibility index (Phi) is 6.90. The number of allylic oxidation sites excluding steroid dienone is 1. The lowest BCUT2D eigenvalue weighted by molar-refractivity contribution is -0.113. The van der Waals surface area contributed by atoms with Gasteiger partial charge in [-0.25, -0.2) is 4.98 Å². The molecule has 0 aliphatic heterocycles. The molecule has 9 heteroatoms. The van der Waals surface area contributed by atoms with Crippen LogP contribution in [-0.2, 0) is 11.3 Å². The number of benzene rings is 1. The van der Waals surface area contributed by atoms with Crippen molar-refractivity contribution in [2.45, 2.75) is 11.7 Å². The van der Waals surface area contributed by atoms with Gasteiger partial charge in [-0.3, -0.25) is 9.36 Å². The van der Waals surface area contributed by atoms with Crippen molar-refractivity contribution in [1.82, 2.24) is 19.7 Å². The molecule has 0 aliphatic carbocycles. The number of pyridine rings is 1. The highest BCUT2D eigenvalue weighted by Crippen LogP contribution is 2.26. The molecule has 150 valence electrons. The Morgan fingerprint density at radius 1 is 1.31 bits per heavy atom. The number of anilines is 2. The van der Waals surface area contributed by atoms with Gasteiger partial charge < -0.3 is 10.2 Å². The Hall–Kier alpha value is -2.84. The second kappa shape index (κ2) is 9.58. The highest BCUT2D eigenvalue weighted by Gasteiger charge is 2.16.